The lowest BCUT2D eigenvalue weighted by molar-refractivity contribution is 0.628. The van der Waals surface area contributed by atoms with E-state index in [1.165, 1.54) is 12.1 Å². The Morgan fingerprint density at radius 3 is 1.03 bits per heavy atom. The lowest BCUT2D eigenvalue weighted by atomic mass is 9.65. The van der Waals surface area contributed by atoms with Crippen LogP contribution in [-0.4, -0.2) is 0 Å². The predicted molar refractivity (Wildman–Crippen MR) is 156 cm³/mol. The molecule has 0 atom stereocenters. The number of rotatable bonds is 6. The van der Waals surface area contributed by atoms with Gasteiger partial charge in [-0.3, -0.25) is 0 Å². The van der Waals surface area contributed by atoms with E-state index in [0.29, 0.717) is 0 Å². The average molecular weight is 509 g/mol. The summed E-state index contributed by atoms with van der Waals surface area (Å²) in [6.07, 6.45) is 0. The van der Waals surface area contributed by atoms with Gasteiger partial charge in [-0.15, -0.1) is 0 Å². The average Bonchev–Trinajstić information content (AvgIpc) is 2.99. The number of hydrogen-bond donors (Lipinski definition) is 0. The van der Waals surface area contributed by atoms with Gasteiger partial charge in [0, 0.05) is 0 Å². The monoisotopic (exact) mass is 508 g/mol. The predicted octanol–water partition coefficient (Wildman–Crippen LogP) is 9.68. The molecule has 0 N–H and O–H groups in total. The Balaban J connectivity index is 1.56. The van der Waals surface area contributed by atoms with Crippen LogP contribution in [0.5, 0.6) is 0 Å². The summed E-state index contributed by atoms with van der Waals surface area (Å²) in [5.74, 6) is -0.504. The van der Waals surface area contributed by atoms with Crippen molar-refractivity contribution in [3.05, 3.63) is 192 Å². The smallest absolute Gasteiger partial charge is 0.123 e. The molecule has 0 bridgehead atoms. The second kappa shape index (κ2) is 10.5. The van der Waals surface area contributed by atoms with Crippen LogP contribution in [-0.2, 0) is 5.41 Å². The molecule has 6 rings (SSSR count). The van der Waals surface area contributed by atoms with E-state index in [1.54, 1.807) is 24.3 Å². The summed E-state index contributed by atoms with van der Waals surface area (Å²) in [7, 11) is 0. The third kappa shape index (κ3) is 4.66. The molecular weight excluding hydrogens is 482 g/mol. The van der Waals surface area contributed by atoms with Gasteiger partial charge in [-0.1, -0.05) is 133 Å². The zero-order chi connectivity index (χ0) is 26.7. The summed E-state index contributed by atoms with van der Waals surface area (Å²) in [6, 6.07) is 51.1. The Morgan fingerprint density at radius 2 is 0.667 bits per heavy atom. The molecule has 0 nitrogen and oxygen atoms in total. The minimum atomic E-state index is -0.608. The molecule has 0 aliphatic rings. The molecule has 0 spiro atoms. The van der Waals surface area contributed by atoms with Crippen molar-refractivity contribution in [3.63, 3.8) is 0 Å². The van der Waals surface area contributed by atoms with Crippen molar-refractivity contribution in [1.29, 1.82) is 0 Å². The van der Waals surface area contributed by atoms with E-state index in [4.69, 9.17) is 0 Å². The summed E-state index contributed by atoms with van der Waals surface area (Å²) < 4.78 is 27.9. The second-order valence-electron chi connectivity index (χ2n) is 9.66. The van der Waals surface area contributed by atoms with Crippen molar-refractivity contribution in [2.45, 2.75) is 5.41 Å². The zero-order valence-electron chi connectivity index (χ0n) is 21.3. The maximum Gasteiger partial charge on any atom is 0.123 e. The minimum absolute atomic E-state index is 0.252. The van der Waals surface area contributed by atoms with E-state index in [-0.39, 0.29) is 11.6 Å². The third-order valence-corrected chi connectivity index (χ3v) is 7.37. The van der Waals surface area contributed by atoms with Crippen LogP contribution in [0.1, 0.15) is 22.3 Å². The van der Waals surface area contributed by atoms with E-state index in [1.807, 2.05) is 24.3 Å². The summed E-state index contributed by atoms with van der Waals surface area (Å²) in [6.45, 7) is 0. The first kappa shape index (κ1) is 24.5. The van der Waals surface area contributed by atoms with Crippen molar-refractivity contribution < 1.29 is 8.78 Å². The van der Waals surface area contributed by atoms with Crippen LogP contribution in [0.2, 0.25) is 0 Å². The zero-order valence-corrected chi connectivity index (χ0v) is 21.3. The second-order valence-corrected chi connectivity index (χ2v) is 9.66. The molecular formula is C37H26F2. The highest BCUT2D eigenvalue weighted by Gasteiger charge is 2.38. The van der Waals surface area contributed by atoms with Gasteiger partial charge < -0.3 is 0 Å². The fraction of sp³-hybridized carbons (Fsp3) is 0.0270. The summed E-state index contributed by atoms with van der Waals surface area (Å²) in [5, 5.41) is 0. The Morgan fingerprint density at radius 1 is 0.308 bits per heavy atom. The summed E-state index contributed by atoms with van der Waals surface area (Å²) in [5.41, 5.74) is 7.43. The van der Waals surface area contributed by atoms with E-state index in [9.17, 15) is 8.78 Å². The fourth-order valence-corrected chi connectivity index (χ4v) is 5.54. The molecule has 6 aromatic carbocycles. The molecule has 0 unspecified atom stereocenters. The largest absolute Gasteiger partial charge is 0.207 e. The van der Waals surface area contributed by atoms with Gasteiger partial charge in [0.15, 0.2) is 0 Å². The van der Waals surface area contributed by atoms with E-state index < -0.39 is 5.41 Å². The molecule has 0 saturated heterocycles. The van der Waals surface area contributed by atoms with Gasteiger partial charge in [-0.25, -0.2) is 8.78 Å². The Hall–Kier alpha value is -4.82. The highest BCUT2D eigenvalue weighted by Crippen LogP contribution is 2.45. The van der Waals surface area contributed by atoms with Gasteiger partial charge in [-0.2, -0.15) is 0 Å². The van der Waals surface area contributed by atoms with Crippen LogP contribution in [0, 0.1) is 11.6 Å². The molecule has 2 heteroatoms. The Bertz CT molecular complexity index is 1560. The van der Waals surface area contributed by atoms with Gasteiger partial charge in [0.25, 0.3) is 0 Å². The molecule has 0 heterocycles. The van der Waals surface area contributed by atoms with Crippen molar-refractivity contribution >= 4 is 0 Å². The van der Waals surface area contributed by atoms with Crippen LogP contribution in [0.25, 0.3) is 22.3 Å². The quantitative estimate of drug-likeness (QED) is 0.196. The Labute approximate surface area is 227 Å². The molecule has 0 fully saturated rings. The first-order valence-corrected chi connectivity index (χ1v) is 13.0. The van der Waals surface area contributed by atoms with Gasteiger partial charge in [0.2, 0.25) is 0 Å². The number of halogens is 2. The summed E-state index contributed by atoms with van der Waals surface area (Å²) in [4.78, 5) is 0. The lowest BCUT2D eigenvalue weighted by Crippen LogP contribution is -2.31. The Kier molecular flexibility index (Phi) is 6.61. The van der Waals surface area contributed by atoms with Crippen LogP contribution < -0.4 is 0 Å². The van der Waals surface area contributed by atoms with Gasteiger partial charge in [-0.05, 0) is 68.8 Å². The van der Waals surface area contributed by atoms with Gasteiger partial charge >= 0.3 is 0 Å². The van der Waals surface area contributed by atoms with E-state index in [0.717, 1.165) is 44.5 Å². The third-order valence-electron chi connectivity index (χ3n) is 7.37. The maximum absolute atomic E-state index is 13.9. The molecule has 39 heavy (non-hydrogen) atoms. The molecule has 0 amide bonds. The first-order chi connectivity index (χ1) is 19.1. The molecule has 0 radical (unpaired) electrons. The highest BCUT2D eigenvalue weighted by molar-refractivity contribution is 5.69. The van der Waals surface area contributed by atoms with Crippen molar-refractivity contribution in [2.75, 3.05) is 0 Å². The maximum atomic E-state index is 13.9. The first-order valence-electron chi connectivity index (χ1n) is 13.0. The van der Waals surface area contributed by atoms with Crippen LogP contribution >= 0.6 is 0 Å². The lowest BCUT2D eigenvalue weighted by Gasteiger charge is -2.37. The van der Waals surface area contributed by atoms with Gasteiger partial charge in [0.05, 0.1) is 5.41 Å². The van der Waals surface area contributed by atoms with E-state index >= 15 is 0 Å². The molecule has 0 aliphatic carbocycles. The molecule has 0 aliphatic heterocycles. The van der Waals surface area contributed by atoms with E-state index in [2.05, 4.69) is 97.1 Å². The minimum Gasteiger partial charge on any atom is -0.207 e. The number of hydrogen-bond acceptors (Lipinski definition) is 0. The SMILES string of the molecule is Fc1cccc(-c2ccc(C(c3ccccc3)(c3ccccc3)c3ccc(-c4cccc(F)c4)cc3)cc2)c1. The number of benzene rings is 6. The summed E-state index contributed by atoms with van der Waals surface area (Å²) >= 11 is 0. The molecule has 188 valence electrons. The normalized spacial score (nSPS) is 11.3. The topological polar surface area (TPSA) is 0 Å². The van der Waals surface area contributed by atoms with Crippen LogP contribution in [0.4, 0.5) is 8.78 Å². The van der Waals surface area contributed by atoms with Crippen molar-refractivity contribution in [1.82, 2.24) is 0 Å². The molecule has 0 saturated carbocycles. The highest BCUT2D eigenvalue weighted by atomic mass is 19.1. The van der Waals surface area contributed by atoms with Crippen molar-refractivity contribution in [3.8, 4) is 22.3 Å². The fourth-order valence-electron chi connectivity index (χ4n) is 5.54. The molecule has 0 aromatic heterocycles. The molecule has 6 aromatic rings. The van der Waals surface area contributed by atoms with Crippen LogP contribution in [0.15, 0.2) is 158 Å². The van der Waals surface area contributed by atoms with Crippen molar-refractivity contribution in [2.24, 2.45) is 0 Å². The van der Waals surface area contributed by atoms with Crippen LogP contribution in [0.3, 0.4) is 0 Å². The standard InChI is InChI=1S/C37H26F2/c38-35-15-7-9-29(25-35)27-17-21-33(22-18-27)37(31-11-3-1-4-12-31,32-13-5-2-6-14-32)34-23-19-28(20-24-34)30-10-8-16-36(39)26-30/h1-26H. The van der Waals surface area contributed by atoms with Gasteiger partial charge in [0.1, 0.15) is 11.6 Å².